The highest BCUT2D eigenvalue weighted by Gasteiger charge is 2.32. The highest BCUT2D eigenvalue weighted by atomic mass is 16.5. The Balaban J connectivity index is 1.35. The lowest BCUT2D eigenvalue weighted by Gasteiger charge is -2.34. The predicted octanol–water partition coefficient (Wildman–Crippen LogP) is 2.16. The Kier molecular flexibility index (Phi) is 3.45. The number of aromatic nitrogens is 1. The van der Waals surface area contributed by atoms with Crippen LogP contribution in [0.4, 0.5) is 0 Å². The van der Waals surface area contributed by atoms with Crippen LogP contribution in [0.2, 0.25) is 0 Å². The summed E-state index contributed by atoms with van der Waals surface area (Å²) in [5.74, 6) is 2.18. The van der Waals surface area contributed by atoms with Crippen molar-refractivity contribution in [3.05, 3.63) is 17.5 Å². The molecule has 1 aromatic rings. The molecule has 0 bridgehead atoms. The standard InChI is InChI=1S/C16H23N3O2/c20-16(14-10-15(21-18-14)12-3-4-12)19-8-5-11(6-9-19)13-2-1-7-17-13/h10-13,17H,1-9H2. The van der Waals surface area contributed by atoms with Crippen LogP contribution in [-0.2, 0) is 0 Å². The van der Waals surface area contributed by atoms with E-state index in [1.165, 1.54) is 25.7 Å². The van der Waals surface area contributed by atoms with Gasteiger partial charge in [0.25, 0.3) is 5.91 Å². The number of nitrogens with zero attached hydrogens (tertiary/aromatic N) is 2. The van der Waals surface area contributed by atoms with Gasteiger partial charge in [0.15, 0.2) is 5.69 Å². The van der Waals surface area contributed by atoms with Crippen LogP contribution in [0.15, 0.2) is 10.6 Å². The topological polar surface area (TPSA) is 58.4 Å². The number of rotatable bonds is 3. The summed E-state index contributed by atoms with van der Waals surface area (Å²) in [5.41, 5.74) is 0.495. The molecule has 0 radical (unpaired) electrons. The Labute approximate surface area is 125 Å². The minimum absolute atomic E-state index is 0.0449. The molecule has 1 unspecified atom stereocenters. The summed E-state index contributed by atoms with van der Waals surface area (Å²) in [4.78, 5) is 14.4. The van der Waals surface area contributed by atoms with E-state index >= 15 is 0 Å². The summed E-state index contributed by atoms with van der Waals surface area (Å²) in [6.07, 6.45) is 7.15. The molecule has 3 heterocycles. The zero-order valence-corrected chi connectivity index (χ0v) is 12.4. The molecule has 1 aromatic heterocycles. The average Bonchev–Trinajstić information content (AvgIpc) is 3.05. The van der Waals surface area contributed by atoms with Gasteiger partial charge in [-0.25, -0.2) is 0 Å². The number of likely N-dealkylation sites (tertiary alicyclic amines) is 1. The molecule has 1 amide bonds. The van der Waals surface area contributed by atoms with Crippen molar-refractivity contribution in [2.75, 3.05) is 19.6 Å². The van der Waals surface area contributed by atoms with E-state index in [-0.39, 0.29) is 5.91 Å². The molecule has 21 heavy (non-hydrogen) atoms. The lowest BCUT2D eigenvalue weighted by Crippen LogP contribution is -2.43. The van der Waals surface area contributed by atoms with Crippen molar-refractivity contribution in [3.63, 3.8) is 0 Å². The zero-order valence-electron chi connectivity index (χ0n) is 12.4. The second-order valence-corrected chi connectivity index (χ2v) is 6.72. The van der Waals surface area contributed by atoms with Crippen molar-refractivity contribution < 1.29 is 9.32 Å². The fourth-order valence-electron chi connectivity index (χ4n) is 3.73. The Bertz CT molecular complexity index is 509. The maximum absolute atomic E-state index is 12.5. The largest absolute Gasteiger partial charge is 0.360 e. The molecule has 1 saturated carbocycles. The summed E-state index contributed by atoms with van der Waals surface area (Å²) >= 11 is 0. The van der Waals surface area contributed by atoms with Gasteiger partial charge in [-0.1, -0.05) is 5.16 Å². The van der Waals surface area contributed by atoms with Gasteiger partial charge in [-0.2, -0.15) is 0 Å². The van der Waals surface area contributed by atoms with Gasteiger partial charge in [0.05, 0.1) is 0 Å². The molecule has 2 saturated heterocycles. The molecule has 4 rings (SSSR count). The molecule has 5 nitrogen and oxygen atoms in total. The molecule has 1 aliphatic carbocycles. The maximum Gasteiger partial charge on any atom is 0.276 e. The van der Waals surface area contributed by atoms with Crippen LogP contribution in [0, 0.1) is 5.92 Å². The molecule has 0 spiro atoms. The van der Waals surface area contributed by atoms with Gasteiger partial charge >= 0.3 is 0 Å². The number of hydrogen-bond acceptors (Lipinski definition) is 4. The van der Waals surface area contributed by atoms with Crippen LogP contribution in [0.3, 0.4) is 0 Å². The second-order valence-electron chi connectivity index (χ2n) is 6.72. The Hall–Kier alpha value is -1.36. The number of carbonyl (C=O) groups is 1. The van der Waals surface area contributed by atoms with E-state index in [1.54, 1.807) is 0 Å². The molecule has 3 fully saturated rings. The van der Waals surface area contributed by atoms with E-state index in [2.05, 4.69) is 10.5 Å². The summed E-state index contributed by atoms with van der Waals surface area (Å²) in [7, 11) is 0. The molecular weight excluding hydrogens is 266 g/mol. The van der Waals surface area contributed by atoms with Crippen LogP contribution in [0.25, 0.3) is 0 Å². The van der Waals surface area contributed by atoms with Crippen molar-refractivity contribution in [3.8, 4) is 0 Å². The van der Waals surface area contributed by atoms with E-state index in [4.69, 9.17) is 4.52 Å². The van der Waals surface area contributed by atoms with Gasteiger partial charge in [-0.05, 0) is 51.0 Å². The van der Waals surface area contributed by atoms with Crippen molar-refractivity contribution in [2.45, 2.75) is 50.5 Å². The Morgan fingerprint density at radius 1 is 1.24 bits per heavy atom. The van der Waals surface area contributed by atoms with Gasteiger partial charge in [0.1, 0.15) is 5.76 Å². The monoisotopic (exact) mass is 289 g/mol. The van der Waals surface area contributed by atoms with Crippen molar-refractivity contribution in [1.82, 2.24) is 15.4 Å². The number of amides is 1. The highest BCUT2D eigenvalue weighted by molar-refractivity contribution is 5.92. The van der Waals surface area contributed by atoms with Crippen LogP contribution in [-0.4, -0.2) is 41.6 Å². The van der Waals surface area contributed by atoms with Gasteiger partial charge in [0, 0.05) is 31.1 Å². The third-order valence-corrected chi connectivity index (χ3v) is 5.22. The number of piperidine rings is 1. The molecule has 3 aliphatic rings. The number of carbonyl (C=O) groups excluding carboxylic acids is 1. The van der Waals surface area contributed by atoms with Crippen molar-refractivity contribution >= 4 is 5.91 Å². The van der Waals surface area contributed by atoms with Gasteiger partial charge in [-0.3, -0.25) is 4.79 Å². The molecular formula is C16H23N3O2. The summed E-state index contributed by atoms with van der Waals surface area (Å²) in [6.45, 7) is 2.87. The molecule has 1 N–H and O–H groups in total. The van der Waals surface area contributed by atoms with Crippen molar-refractivity contribution in [1.29, 1.82) is 0 Å². The molecule has 114 valence electrons. The maximum atomic E-state index is 12.5. The summed E-state index contributed by atoms with van der Waals surface area (Å²) < 4.78 is 5.30. The minimum Gasteiger partial charge on any atom is -0.360 e. The van der Waals surface area contributed by atoms with E-state index in [0.717, 1.165) is 44.2 Å². The number of hydrogen-bond donors (Lipinski definition) is 1. The average molecular weight is 289 g/mol. The van der Waals surface area contributed by atoms with Crippen molar-refractivity contribution in [2.24, 2.45) is 5.92 Å². The summed E-state index contributed by atoms with van der Waals surface area (Å²) in [6, 6.07) is 2.53. The van der Waals surface area contributed by atoms with Gasteiger partial charge in [-0.15, -0.1) is 0 Å². The Morgan fingerprint density at radius 3 is 2.71 bits per heavy atom. The van der Waals surface area contributed by atoms with Crippen LogP contribution in [0.1, 0.15) is 60.7 Å². The third kappa shape index (κ3) is 2.71. The first-order chi connectivity index (χ1) is 10.3. The molecule has 5 heteroatoms. The molecule has 2 aliphatic heterocycles. The first-order valence-electron chi connectivity index (χ1n) is 8.30. The van der Waals surface area contributed by atoms with E-state index < -0.39 is 0 Å². The lowest BCUT2D eigenvalue weighted by atomic mass is 9.88. The van der Waals surface area contributed by atoms with E-state index in [0.29, 0.717) is 17.7 Å². The SMILES string of the molecule is O=C(c1cc(C2CC2)on1)N1CCC(C2CCCN2)CC1. The van der Waals surface area contributed by atoms with E-state index in [9.17, 15) is 4.79 Å². The Morgan fingerprint density at radius 2 is 2.05 bits per heavy atom. The highest BCUT2D eigenvalue weighted by Crippen LogP contribution is 2.40. The third-order valence-electron chi connectivity index (χ3n) is 5.22. The molecule has 1 atom stereocenters. The van der Waals surface area contributed by atoms with Gasteiger partial charge < -0.3 is 14.7 Å². The first-order valence-corrected chi connectivity index (χ1v) is 8.30. The van der Waals surface area contributed by atoms with Gasteiger partial charge in [0.2, 0.25) is 0 Å². The van der Waals surface area contributed by atoms with Crippen LogP contribution < -0.4 is 5.32 Å². The second kappa shape index (κ2) is 5.44. The normalized spacial score (nSPS) is 27.2. The van der Waals surface area contributed by atoms with Crippen LogP contribution in [0.5, 0.6) is 0 Å². The summed E-state index contributed by atoms with van der Waals surface area (Å²) in [5, 5.41) is 7.56. The zero-order chi connectivity index (χ0) is 14.2. The van der Waals surface area contributed by atoms with Crippen LogP contribution >= 0.6 is 0 Å². The lowest BCUT2D eigenvalue weighted by molar-refractivity contribution is 0.0664. The quantitative estimate of drug-likeness (QED) is 0.926. The molecule has 0 aromatic carbocycles. The number of nitrogens with one attached hydrogen (secondary N) is 1. The van der Waals surface area contributed by atoms with E-state index in [1.807, 2.05) is 11.0 Å². The first kappa shape index (κ1) is 13.3. The smallest absolute Gasteiger partial charge is 0.276 e. The fraction of sp³-hybridized carbons (Fsp3) is 0.750. The minimum atomic E-state index is 0.0449. The fourth-order valence-corrected chi connectivity index (χ4v) is 3.73. The predicted molar refractivity (Wildman–Crippen MR) is 78.1 cm³/mol.